The Balaban J connectivity index is 1.76. The molecule has 0 aromatic heterocycles. The summed E-state index contributed by atoms with van der Waals surface area (Å²) in [6, 6.07) is 18.3. The predicted molar refractivity (Wildman–Crippen MR) is 109 cm³/mol. The van der Waals surface area contributed by atoms with Crippen LogP contribution in [-0.4, -0.2) is 26.3 Å². The summed E-state index contributed by atoms with van der Waals surface area (Å²) in [6.07, 6.45) is 2.58. The first-order valence-electron chi connectivity index (χ1n) is 9.72. The Morgan fingerprint density at radius 1 is 1.14 bits per heavy atom. The van der Waals surface area contributed by atoms with Gasteiger partial charge in [-0.05, 0) is 49.4 Å². The molecule has 2 aromatic carbocycles. The summed E-state index contributed by atoms with van der Waals surface area (Å²) in [5, 5.41) is 0. The van der Waals surface area contributed by atoms with Crippen molar-refractivity contribution in [3.63, 3.8) is 0 Å². The predicted octanol–water partition coefficient (Wildman–Crippen LogP) is 4.75. The van der Waals surface area contributed by atoms with Gasteiger partial charge < -0.3 is 14.2 Å². The number of hydrogen-bond acceptors (Lipinski definition) is 4. The molecule has 1 aliphatic rings. The van der Waals surface area contributed by atoms with Crippen molar-refractivity contribution in [2.75, 3.05) is 20.3 Å². The second-order valence-electron chi connectivity index (χ2n) is 7.21. The van der Waals surface area contributed by atoms with Gasteiger partial charge in [0.1, 0.15) is 5.75 Å². The minimum Gasteiger partial charge on any atom is -0.497 e. The van der Waals surface area contributed by atoms with Crippen LogP contribution >= 0.6 is 0 Å². The molecule has 0 N–H and O–H groups in total. The van der Waals surface area contributed by atoms with E-state index in [1.54, 1.807) is 20.1 Å². The quantitative estimate of drug-likeness (QED) is 0.514. The lowest BCUT2D eigenvalue weighted by Gasteiger charge is -2.23. The zero-order valence-electron chi connectivity index (χ0n) is 16.8. The second kappa shape index (κ2) is 9.56. The number of methoxy groups -OCH3 is 1. The van der Waals surface area contributed by atoms with Crippen LogP contribution in [0.5, 0.6) is 5.75 Å². The Bertz CT molecular complexity index is 795. The maximum absolute atomic E-state index is 12.2. The number of allylic oxidation sites excluding steroid dienone is 1. The molecule has 3 rings (SSSR count). The van der Waals surface area contributed by atoms with Crippen LogP contribution in [-0.2, 0) is 20.7 Å². The summed E-state index contributed by atoms with van der Waals surface area (Å²) in [4.78, 5) is 12.2. The smallest absolute Gasteiger partial charge is 0.333 e. The first-order chi connectivity index (χ1) is 13.6. The van der Waals surface area contributed by atoms with Gasteiger partial charge in [-0.2, -0.15) is 0 Å². The van der Waals surface area contributed by atoms with Gasteiger partial charge in [0.05, 0.1) is 26.4 Å². The largest absolute Gasteiger partial charge is 0.497 e. The van der Waals surface area contributed by atoms with E-state index in [0.717, 1.165) is 17.7 Å². The molecular formula is C24H28O4. The van der Waals surface area contributed by atoms with E-state index in [4.69, 9.17) is 14.2 Å². The zero-order chi connectivity index (χ0) is 19.9. The third-order valence-electron chi connectivity index (χ3n) is 5.43. The number of hydrogen-bond donors (Lipinski definition) is 0. The van der Waals surface area contributed by atoms with Gasteiger partial charge in [-0.1, -0.05) is 48.5 Å². The molecule has 1 fully saturated rings. The molecule has 0 amide bonds. The van der Waals surface area contributed by atoms with Crippen molar-refractivity contribution in [2.45, 2.75) is 26.4 Å². The first kappa shape index (κ1) is 20.2. The SMILES string of the molecule is C/C=C(\C)C(=O)OC[C@H]1[C@@H](Cc2ccc(OC)cc2)CO[C@@H]1c1ccccc1. The number of carbonyl (C=O) groups excluding carboxylic acids is 1. The molecule has 0 unspecified atom stereocenters. The fourth-order valence-electron chi connectivity index (χ4n) is 3.61. The normalized spacial score (nSPS) is 22.1. The summed E-state index contributed by atoms with van der Waals surface area (Å²) in [5.74, 6) is 0.973. The van der Waals surface area contributed by atoms with Crippen LogP contribution in [0.2, 0.25) is 0 Å². The molecule has 0 aliphatic carbocycles. The van der Waals surface area contributed by atoms with Crippen LogP contribution in [0.15, 0.2) is 66.2 Å². The van der Waals surface area contributed by atoms with Crippen LogP contribution in [0.3, 0.4) is 0 Å². The van der Waals surface area contributed by atoms with E-state index in [0.29, 0.717) is 18.8 Å². The summed E-state index contributed by atoms with van der Waals surface area (Å²) in [7, 11) is 1.67. The zero-order valence-corrected chi connectivity index (χ0v) is 16.8. The van der Waals surface area contributed by atoms with E-state index in [-0.39, 0.29) is 23.9 Å². The monoisotopic (exact) mass is 380 g/mol. The van der Waals surface area contributed by atoms with E-state index in [1.807, 2.05) is 37.3 Å². The molecule has 1 aliphatic heterocycles. The van der Waals surface area contributed by atoms with Gasteiger partial charge in [0, 0.05) is 11.5 Å². The highest BCUT2D eigenvalue weighted by atomic mass is 16.5. The standard InChI is InChI=1S/C24H28O4/c1-4-17(2)24(25)28-16-22-20(14-18-10-12-21(26-3)13-11-18)15-27-23(22)19-8-6-5-7-9-19/h4-13,20,22-23H,14-16H2,1-3H3/b17-4+/t20-,22-,23+/m0/s1. The molecule has 3 atom stereocenters. The molecule has 1 heterocycles. The Hall–Kier alpha value is -2.59. The summed E-state index contributed by atoms with van der Waals surface area (Å²) in [6.45, 7) is 4.62. The van der Waals surface area contributed by atoms with Gasteiger partial charge in [0.2, 0.25) is 0 Å². The van der Waals surface area contributed by atoms with Crippen molar-refractivity contribution in [1.29, 1.82) is 0 Å². The summed E-state index contributed by atoms with van der Waals surface area (Å²) >= 11 is 0. The molecule has 4 nitrogen and oxygen atoms in total. The molecular weight excluding hydrogens is 352 g/mol. The molecule has 0 bridgehead atoms. The molecule has 0 radical (unpaired) electrons. The van der Waals surface area contributed by atoms with Crippen LogP contribution in [0.25, 0.3) is 0 Å². The summed E-state index contributed by atoms with van der Waals surface area (Å²) in [5.41, 5.74) is 2.98. The maximum Gasteiger partial charge on any atom is 0.333 e. The van der Waals surface area contributed by atoms with E-state index in [9.17, 15) is 4.79 Å². The second-order valence-corrected chi connectivity index (χ2v) is 7.21. The van der Waals surface area contributed by atoms with Crippen molar-refractivity contribution in [2.24, 2.45) is 11.8 Å². The van der Waals surface area contributed by atoms with Crippen molar-refractivity contribution in [1.82, 2.24) is 0 Å². The van der Waals surface area contributed by atoms with Crippen molar-refractivity contribution in [3.8, 4) is 5.75 Å². The van der Waals surface area contributed by atoms with Crippen molar-refractivity contribution < 1.29 is 19.0 Å². The van der Waals surface area contributed by atoms with Crippen LogP contribution < -0.4 is 4.74 Å². The third-order valence-corrected chi connectivity index (χ3v) is 5.43. The highest BCUT2D eigenvalue weighted by molar-refractivity contribution is 5.87. The van der Waals surface area contributed by atoms with Crippen LogP contribution in [0.4, 0.5) is 0 Å². The van der Waals surface area contributed by atoms with Crippen LogP contribution in [0, 0.1) is 11.8 Å². The van der Waals surface area contributed by atoms with Crippen LogP contribution in [0.1, 0.15) is 31.1 Å². The summed E-state index contributed by atoms with van der Waals surface area (Å²) < 4.78 is 17.0. The van der Waals surface area contributed by atoms with Gasteiger partial charge >= 0.3 is 5.97 Å². The Labute approximate surface area is 167 Å². The Morgan fingerprint density at radius 2 is 1.86 bits per heavy atom. The topological polar surface area (TPSA) is 44.8 Å². The number of ether oxygens (including phenoxy) is 3. The number of benzene rings is 2. The third kappa shape index (κ3) is 4.82. The minimum absolute atomic E-state index is 0.0665. The number of rotatable bonds is 7. The fraction of sp³-hybridized carbons (Fsp3) is 0.375. The highest BCUT2D eigenvalue weighted by Crippen LogP contribution is 2.40. The van der Waals surface area contributed by atoms with Gasteiger partial charge in [-0.25, -0.2) is 4.79 Å². The molecule has 2 aromatic rings. The minimum atomic E-state index is -0.260. The first-order valence-corrected chi connectivity index (χ1v) is 9.72. The van der Waals surface area contributed by atoms with E-state index in [2.05, 4.69) is 24.3 Å². The van der Waals surface area contributed by atoms with Crippen molar-refractivity contribution in [3.05, 3.63) is 77.4 Å². The van der Waals surface area contributed by atoms with E-state index >= 15 is 0 Å². The average molecular weight is 380 g/mol. The molecule has 0 saturated carbocycles. The maximum atomic E-state index is 12.2. The number of esters is 1. The van der Waals surface area contributed by atoms with E-state index < -0.39 is 0 Å². The Kier molecular flexibility index (Phi) is 6.88. The van der Waals surface area contributed by atoms with Gasteiger partial charge in [0.15, 0.2) is 0 Å². The fourth-order valence-corrected chi connectivity index (χ4v) is 3.61. The van der Waals surface area contributed by atoms with Gasteiger partial charge in [-0.15, -0.1) is 0 Å². The molecule has 1 saturated heterocycles. The average Bonchev–Trinajstić information content (AvgIpc) is 3.14. The van der Waals surface area contributed by atoms with E-state index in [1.165, 1.54) is 5.56 Å². The van der Waals surface area contributed by atoms with Crippen molar-refractivity contribution >= 4 is 5.97 Å². The molecule has 28 heavy (non-hydrogen) atoms. The van der Waals surface area contributed by atoms with Gasteiger partial charge in [-0.3, -0.25) is 0 Å². The lowest BCUT2D eigenvalue weighted by molar-refractivity contribution is -0.141. The lowest BCUT2D eigenvalue weighted by atomic mass is 9.84. The highest BCUT2D eigenvalue weighted by Gasteiger charge is 2.39. The van der Waals surface area contributed by atoms with Gasteiger partial charge in [0.25, 0.3) is 0 Å². The number of carbonyl (C=O) groups is 1. The molecule has 4 heteroatoms. The molecule has 148 valence electrons. The lowest BCUT2D eigenvalue weighted by Crippen LogP contribution is -2.24. The Morgan fingerprint density at radius 3 is 2.50 bits per heavy atom. The molecule has 0 spiro atoms.